The lowest BCUT2D eigenvalue weighted by Crippen LogP contribution is -2.29. The fourth-order valence-electron chi connectivity index (χ4n) is 2.22. The number of hydrogen-bond donors (Lipinski definition) is 1. The molecule has 0 radical (unpaired) electrons. The zero-order chi connectivity index (χ0) is 13.7. The van der Waals surface area contributed by atoms with E-state index < -0.39 is 5.60 Å². The zero-order valence-corrected chi connectivity index (χ0v) is 12.9. The maximum absolute atomic E-state index is 10.9. The Morgan fingerprint density at radius 1 is 1.05 bits per heavy atom. The molecule has 0 aromatic heterocycles. The molecule has 19 heavy (non-hydrogen) atoms. The van der Waals surface area contributed by atoms with Gasteiger partial charge in [0.2, 0.25) is 0 Å². The van der Waals surface area contributed by atoms with Crippen LogP contribution in [-0.4, -0.2) is 11.0 Å². The van der Waals surface area contributed by atoms with Crippen LogP contribution in [0.25, 0.3) is 0 Å². The lowest BCUT2D eigenvalue weighted by molar-refractivity contribution is 0.0336. The van der Waals surface area contributed by atoms with Crippen LogP contribution < -0.4 is 0 Å². The topological polar surface area (TPSA) is 20.2 Å². The summed E-state index contributed by atoms with van der Waals surface area (Å²) < 4.78 is 1.02. The summed E-state index contributed by atoms with van der Waals surface area (Å²) in [4.78, 5) is 0. The van der Waals surface area contributed by atoms with E-state index in [4.69, 9.17) is 11.6 Å². The van der Waals surface area contributed by atoms with Gasteiger partial charge in [-0.3, -0.25) is 0 Å². The maximum atomic E-state index is 10.9. The van der Waals surface area contributed by atoms with Crippen molar-refractivity contribution in [3.05, 3.63) is 70.2 Å². The molecule has 0 bridgehead atoms. The number of benzene rings is 2. The second-order valence-corrected chi connectivity index (χ2v) is 5.94. The van der Waals surface area contributed by atoms with E-state index >= 15 is 0 Å². The summed E-state index contributed by atoms with van der Waals surface area (Å²) in [6.07, 6.45) is 1.09. The van der Waals surface area contributed by atoms with Gasteiger partial charge in [-0.05, 0) is 29.7 Å². The summed E-state index contributed by atoms with van der Waals surface area (Å²) in [5, 5.41) is 10.9. The molecule has 100 valence electrons. The largest absolute Gasteiger partial charge is 0.385 e. The van der Waals surface area contributed by atoms with Crippen LogP contribution in [0.3, 0.4) is 0 Å². The molecular formula is C16H16BrClO. The monoisotopic (exact) mass is 338 g/mol. The van der Waals surface area contributed by atoms with Gasteiger partial charge < -0.3 is 5.11 Å². The summed E-state index contributed by atoms with van der Waals surface area (Å²) in [6.45, 7) is 0. The lowest BCUT2D eigenvalue weighted by Gasteiger charge is -2.28. The number of halogens is 2. The van der Waals surface area contributed by atoms with E-state index in [1.807, 2.05) is 54.6 Å². The van der Waals surface area contributed by atoms with E-state index in [9.17, 15) is 5.11 Å². The predicted molar refractivity (Wildman–Crippen MR) is 83.5 cm³/mol. The van der Waals surface area contributed by atoms with Crippen LogP contribution in [0.15, 0.2) is 59.1 Å². The summed E-state index contributed by atoms with van der Waals surface area (Å²) in [5.41, 5.74) is 1.09. The molecule has 1 N–H and O–H groups in total. The summed E-state index contributed by atoms with van der Waals surface area (Å²) >= 11 is 9.32. The Kier molecular flexibility index (Phi) is 5.03. The quantitative estimate of drug-likeness (QED) is 0.795. The first-order chi connectivity index (χ1) is 9.14. The Morgan fingerprint density at radius 2 is 1.79 bits per heavy atom. The molecule has 0 aliphatic carbocycles. The minimum atomic E-state index is -0.913. The lowest BCUT2D eigenvalue weighted by atomic mass is 9.85. The highest BCUT2D eigenvalue weighted by molar-refractivity contribution is 9.10. The molecule has 0 aliphatic rings. The van der Waals surface area contributed by atoms with Gasteiger partial charge in [0, 0.05) is 16.8 Å². The molecule has 0 heterocycles. The Bertz CT molecular complexity index is 529. The normalized spacial score (nSPS) is 14.1. The molecule has 0 spiro atoms. The predicted octanol–water partition coefficient (Wildman–Crippen LogP) is 4.51. The molecule has 0 fully saturated rings. The van der Waals surface area contributed by atoms with Crippen molar-refractivity contribution in [1.82, 2.24) is 0 Å². The molecule has 2 aromatic carbocycles. The summed E-state index contributed by atoms with van der Waals surface area (Å²) in [5.74, 6) is 0.430. The van der Waals surface area contributed by atoms with Crippen molar-refractivity contribution in [2.24, 2.45) is 0 Å². The third-order valence-electron chi connectivity index (χ3n) is 3.20. The molecule has 2 rings (SSSR count). The molecule has 1 atom stereocenters. The number of hydrogen-bond acceptors (Lipinski definition) is 1. The van der Waals surface area contributed by atoms with Gasteiger partial charge in [0.25, 0.3) is 0 Å². The number of aliphatic hydroxyl groups is 1. The Balaban J connectivity index is 2.30. The summed E-state index contributed by atoms with van der Waals surface area (Å²) in [6, 6.07) is 17.7. The molecule has 2 aromatic rings. The Labute approximate surface area is 127 Å². The molecular weight excluding hydrogens is 324 g/mol. The minimum absolute atomic E-state index is 0.430. The molecule has 0 aliphatic heterocycles. The third kappa shape index (κ3) is 3.82. The van der Waals surface area contributed by atoms with Crippen LogP contribution in [0.5, 0.6) is 0 Å². The Morgan fingerprint density at radius 3 is 2.42 bits per heavy atom. The highest BCUT2D eigenvalue weighted by Gasteiger charge is 2.28. The van der Waals surface area contributed by atoms with E-state index in [1.54, 1.807) is 0 Å². The van der Waals surface area contributed by atoms with Gasteiger partial charge in [0.15, 0.2) is 0 Å². The van der Waals surface area contributed by atoms with Crippen LogP contribution in [0, 0.1) is 0 Å². The van der Waals surface area contributed by atoms with Crippen molar-refractivity contribution in [3.63, 3.8) is 0 Å². The molecule has 0 saturated heterocycles. The van der Waals surface area contributed by atoms with Crippen LogP contribution in [-0.2, 0) is 12.0 Å². The van der Waals surface area contributed by atoms with Crippen LogP contribution in [0.1, 0.15) is 17.5 Å². The maximum Gasteiger partial charge on any atom is 0.0948 e. The molecule has 1 unspecified atom stereocenters. The van der Waals surface area contributed by atoms with Crippen molar-refractivity contribution < 1.29 is 5.11 Å². The van der Waals surface area contributed by atoms with E-state index in [-0.39, 0.29) is 0 Å². The standard InChI is InChI=1S/C16H16BrClO/c17-15-8-4-5-13(11-15)12-16(19,9-10-18)14-6-2-1-3-7-14/h1-8,11,19H,9-10,12H2. The first-order valence-corrected chi connectivity index (χ1v) is 7.55. The van der Waals surface area contributed by atoms with Gasteiger partial charge in [-0.25, -0.2) is 0 Å². The number of rotatable bonds is 5. The fourth-order valence-corrected chi connectivity index (χ4v) is 2.98. The summed E-state index contributed by atoms with van der Waals surface area (Å²) in [7, 11) is 0. The van der Waals surface area contributed by atoms with E-state index in [0.717, 1.165) is 15.6 Å². The number of alkyl halides is 1. The zero-order valence-electron chi connectivity index (χ0n) is 10.5. The van der Waals surface area contributed by atoms with Crippen molar-refractivity contribution in [3.8, 4) is 0 Å². The molecule has 0 amide bonds. The minimum Gasteiger partial charge on any atom is -0.385 e. The van der Waals surface area contributed by atoms with Crippen molar-refractivity contribution >= 4 is 27.5 Å². The highest BCUT2D eigenvalue weighted by Crippen LogP contribution is 2.30. The van der Waals surface area contributed by atoms with Gasteiger partial charge in [0.1, 0.15) is 0 Å². The first kappa shape index (κ1) is 14.6. The second-order valence-electron chi connectivity index (χ2n) is 4.64. The Hall–Kier alpha value is -0.830. The SMILES string of the molecule is OC(CCCl)(Cc1cccc(Br)c1)c1ccccc1. The van der Waals surface area contributed by atoms with Crippen molar-refractivity contribution in [1.29, 1.82) is 0 Å². The third-order valence-corrected chi connectivity index (χ3v) is 3.89. The van der Waals surface area contributed by atoms with Gasteiger partial charge >= 0.3 is 0 Å². The first-order valence-electron chi connectivity index (χ1n) is 6.22. The van der Waals surface area contributed by atoms with E-state index in [1.165, 1.54) is 0 Å². The average Bonchev–Trinajstić information content (AvgIpc) is 2.40. The molecule has 3 heteroatoms. The van der Waals surface area contributed by atoms with Crippen LogP contribution in [0.2, 0.25) is 0 Å². The van der Waals surface area contributed by atoms with Crippen LogP contribution in [0.4, 0.5) is 0 Å². The van der Waals surface area contributed by atoms with Gasteiger partial charge in [-0.15, -0.1) is 11.6 Å². The van der Waals surface area contributed by atoms with E-state index in [0.29, 0.717) is 18.7 Å². The highest BCUT2D eigenvalue weighted by atomic mass is 79.9. The fraction of sp³-hybridized carbons (Fsp3) is 0.250. The van der Waals surface area contributed by atoms with Gasteiger partial charge in [-0.2, -0.15) is 0 Å². The van der Waals surface area contributed by atoms with Gasteiger partial charge in [0.05, 0.1) is 5.60 Å². The van der Waals surface area contributed by atoms with Crippen molar-refractivity contribution in [2.45, 2.75) is 18.4 Å². The smallest absolute Gasteiger partial charge is 0.0948 e. The second kappa shape index (κ2) is 6.56. The van der Waals surface area contributed by atoms with Crippen molar-refractivity contribution in [2.75, 3.05) is 5.88 Å². The molecule has 0 saturated carbocycles. The molecule has 1 nitrogen and oxygen atoms in total. The van der Waals surface area contributed by atoms with Crippen LogP contribution >= 0.6 is 27.5 Å². The average molecular weight is 340 g/mol. The van der Waals surface area contributed by atoms with E-state index in [2.05, 4.69) is 15.9 Å². The van der Waals surface area contributed by atoms with Gasteiger partial charge in [-0.1, -0.05) is 58.4 Å².